The molecule has 0 amide bonds. The van der Waals surface area contributed by atoms with Gasteiger partial charge in [-0.2, -0.15) is 0 Å². The van der Waals surface area contributed by atoms with Crippen LogP contribution < -0.4 is 5.73 Å². The molecule has 3 N–H and O–H groups in total. The monoisotopic (exact) mass is 281 g/mol. The van der Waals surface area contributed by atoms with Crippen LogP contribution in [0.15, 0.2) is 53.9 Å². The van der Waals surface area contributed by atoms with Gasteiger partial charge in [0.1, 0.15) is 11.7 Å². The Morgan fingerprint density at radius 3 is 2.86 bits per heavy atom. The predicted octanol–water partition coefficient (Wildman–Crippen LogP) is 1.77. The molecule has 1 aromatic carbocycles. The summed E-state index contributed by atoms with van der Waals surface area (Å²) in [4.78, 5) is 8.70. The Kier molecular flexibility index (Phi) is 3.51. The van der Waals surface area contributed by atoms with Gasteiger partial charge in [-0.1, -0.05) is 23.4 Å². The van der Waals surface area contributed by atoms with E-state index >= 15 is 0 Å². The van der Waals surface area contributed by atoms with Gasteiger partial charge >= 0.3 is 0 Å². The lowest BCUT2D eigenvalue weighted by atomic mass is 10.2. The van der Waals surface area contributed by atoms with E-state index in [2.05, 4.69) is 19.7 Å². The molecule has 0 spiro atoms. The molecule has 0 saturated heterocycles. The topological polar surface area (TPSA) is 89.3 Å². The van der Waals surface area contributed by atoms with Crippen molar-refractivity contribution in [1.29, 1.82) is 0 Å². The molecule has 0 aliphatic heterocycles. The Bertz CT molecular complexity index is 779. The molecule has 0 aliphatic rings. The maximum Gasteiger partial charge on any atom is 0.146 e. The van der Waals surface area contributed by atoms with Gasteiger partial charge in [0, 0.05) is 12.4 Å². The molecular weight excluding hydrogens is 266 g/mol. The average molecular weight is 281 g/mol. The molecule has 6 heteroatoms. The number of benzene rings is 1. The van der Waals surface area contributed by atoms with Crippen LogP contribution in [-0.4, -0.2) is 25.6 Å². The first-order valence-electron chi connectivity index (χ1n) is 6.57. The number of rotatable bonds is 4. The fourth-order valence-electron chi connectivity index (χ4n) is 2.31. The second-order valence-corrected chi connectivity index (χ2v) is 4.73. The number of amidine groups is 1. The zero-order valence-corrected chi connectivity index (χ0v) is 11.3. The minimum absolute atomic E-state index is 0.137. The first-order chi connectivity index (χ1) is 10.3. The molecule has 2 heterocycles. The molecule has 3 rings (SSSR count). The molecule has 0 aliphatic carbocycles. The van der Waals surface area contributed by atoms with Crippen molar-refractivity contribution < 1.29 is 5.21 Å². The summed E-state index contributed by atoms with van der Waals surface area (Å²) < 4.78 is 2.06. The Hall–Kier alpha value is -2.89. The lowest BCUT2D eigenvalue weighted by Gasteiger charge is -2.08. The maximum absolute atomic E-state index is 8.77. The minimum Gasteiger partial charge on any atom is -0.409 e. The number of fused-ring (bicyclic) bond motifs is 1. The number of oxime groups is 1. The van der Waals surface area contributed by atoms with Crippen molar-refractivity contribution >= 4 is 16.9 Å². The molecule has 0 saturated carbocycles. The molecule has 0 bridgehead atoms. The number of para-hydroxylation sites is 2. The van der Waals surface area contributed by atoms with Crippen LogP contribution in [0.4, 0.5) is 0 Å². The van der Waals surface area contributed by atoms with E-state index in [-0.39, 0.29) is 5.84 Å². The average Bonchev–Trinajstić information content (AvgIpc) is 2.86. The highest BCUT2D eigenvalue weighted by atomic mass is 16.4. The second kappa shape index (κ2) is 5.62. The highest BCUT2D eigenvalue weighted by Crippen LogP contribution is 2.18. The quantitative estimate of drug-likeness (QED) is 0.330. The molecule has 6 nitrogen and oxygen atoms in total. The summed E-state index contributed by atoms with van der Waals surface area (Å²) in [6, 6.07) is 11.8. The molecule has 0 unspecified atom stereocenters. The summed E-state index contributed by atoms with van der Waals surface area (Å²) in [6.07, 6.45) is 3.86. The lowest BCUT2D eigenvalue weighted by Crippen LogP contribution is -2.18. The third-order valence-corrected chi connectivity index (χ3v) is 3.26. The fourth-order valence-corrected chi connectivity index (χ4v) is 2.31. The zero-order valence-electron chi connectivity index (χ0n) is 11.3. The van der Waals surface area contributed by atoms with Crippen molar-refractivity contribution in [1.82, 2.24) is 14.5 Å². The van der Waals surface area contributed by atoms with Gasteiger partial charge in [-0.3, -0.25) is 4.98 Å². The summed E-state index contributed by atoms with van der Waals surface area (Å²) in [5, 5.41) is 11.8. The van der Waals surface area contributed by atoms with Crippen molar-refractivity contribution in [2.24, 2.45) is 10.9 Å². The number of nitrogens with two attached hydrogens (primary N) is 1. The van der Waals surface area contributed by atoms with E-state index in [0.29, 0.717) is 13.0 Å². The highest BCUT2D eigenvalue weighted by molar-refractivity contribution is 5.83. The van der Waals surface area contributed by atoms with Gasteiger partial charge in [0.15, 0.2) is 0 Å². The van der Waals surface area contributed by atoms with Crippen LogP contribution in [0.3, 0.4) is 0 Å². The van der Waals surface area contributed by atoms with E-state index in [0.717, 1.165) is 22.4 Å². The van der Waals surface area contributed by atoms with Crippen LogP contribution in [0, 0.1) is 0 Å². The van der Waals surface area contributed by atoms with E-state index in [1.165, 1.54) is 0 Å². The van der Waals surface area contributed by atoms with Gasteiger partial charge in [-0.05, 0) is 23.8 Å². The van der Waals surface area contributed by atoms with E-state index in [9.17, 15) is 0 Å². The van der Waals surface area contributed by atoms with Crippen LogP contribution in [0.1, 0.15) is 11.4 Å². The first kappa shape index (κ1) is 13.1. The third kappa shape index (κ3) is 2.69. The Balaban J connectivity index is 2.07. The SMILES string of the molecule is NC(Cc1nc2ccccc2n1Cc1cccnc1)=NO. The summed E-state index contributed by atoms with van der Waals surface area (Å²) in [5.74, 6) is 0.896. The van der Waals surface area contributed by atoms with E-state index < -0.39 is 0 Å². The summed E-state index contributed by atoms with van der Waals surface area (Å²) in [5.41, 5.74) is 8.60. The van der Waals surface area contributed by atoms with Crippen LogP contribution in [0.5, 0.6) is 0 Å². The molecule has 21 heavy (non-hydrogen) atoms. The number of hydrogen-bond donors (Lipinski definition) is 2. The first-order valence-corrected chi connectivity index (χ1v) is 6.57. The standard InChI is InChI=1S/C15H15N5O/c16-14(19-21)8-15-18-12-5-1-2-6-13(12)20(15)10-11-4-3-7-17-9-11/h1-7,9,21H,8,10H2,(H2,16,19). The smallest absolute Gasteiger partial charge is 0.146 e. The van der Waals surface area contributed by atoms with Crippen molar-refractivity contribution in [3.8, 4) is 0 Å². The van der Waals surface area contributed by atoms with Crippen molar-refractivity contribution in [3.05, 3.63) is 60.2 Å². The molecule has 0 fully saturated rings. The maximum atomic E-state index is 8.77. The third-order valence-electron chi connectivity index (χ3n) is 3.26. The van der Waals surface area contributed by atoms with Crippen molar-refractivity contribution in [2.45, 2.75) is 13.0 Å². The molecule has 0 atom stereocenters. The highest BCUT2D eigenvalue weighted by Gasteiger charge is 2.12. The second-order valence-electron chi connectivity index (χ2n) is 4.73. The van der Waals surface area contributed by atoms with Crippen molar-refractivity contribution in [3.63, 3.8) is 0 Å². The number of hydrogen-bond acceptors (Lipinski definition) is 4. The van der Waals surface area contributed by atoms with Gasteiger partial charge in [-0.25, -0.2) is 4.98 Å². The van der Waals surface area contributed by atoms with Gasteiger partial charge in [0.25, 0.3) is 0 Å². The Labute approximate surface area is 121 Å². The summed E-state index contributed by atoms with van der Waals surface area (Å²) in [6.45, 7) is 0.641. The van der Waals surface area contributed by atoms with Gasteiger partial charge in [-0.15, -0.1) is 0 Å². The van der Waals surface area contributed by atoms with Gasteiger partial charge < -0.3 is 15.5 Å². The molecule has 0 radical (unpaired) electrons. The lowest BCUT2D eigenvalue weighted by molar-refractivity contribution is 0.317. The number of imidazole rings is 1. The fraction of sp³-hybridized carbons (Fsp3) is 0.133. The van der Waals surface area contributed by atoms with Gasteiger partial charge in [0.2, 0.25) is 0 Å². The predicted molar refractivity (Wildman–Crippen MR) is 80.2 cm³/mol. The normalized spacial score (nSPS) is 11.9. The van der Waals surface area contributed by atoms with Crippen LogP contribution in [0.25, 0.3) is 11.0 Å². The minimum atomic E-state index is 0.137. The molecule has 3 aromatic rings. The number of nitrogens with zero attached hydrogens (tertiary/aromatic N) is 4. The van der Waals surface area contributed by atoms with Crippen LogP contribution in [0.2, 0.25) is 0 Å². The Morgan fingerprint density at radius 2 is 2.10 bits per heavy atom. The molecule has 106 valence electrons. The molecule has 2 aromatic heterocycles. The molecular formula is C15H15N5O. The van der Waals surface area contributed by atoms with Crippen molar-refractivity contribution in [2.75, 3.05) is 0 Å². The van der Waals surface area contributed by atoms with E-state index in [1.54, 1.807) is 6.20 Å². The zero-order chi connectivity index (χ0) is 14.7. The van der Waals surface area contributed by atoms with Crippen LogP contribution >= 0.6 is 0 Å². The van der Waals surface area contributed by atoms with Crippen LogP contribution in [-0.2, 0) is 13.0 Å². The number of aromatic nitrogens is 3. The Morgan fingerprint density at radius 1 is 1.24 bits per heavy atom. The number of pyridine rings is 1. The van der Waals surface area contributed by atoms with E-state index in [1.807, 2.05) is 42.6 Å². The van der Waals surface area contributed by atoms with Gasteiger partial charge in [0.05, 0.1) is 24.0 Å². The summed E-state index contributed by atoms with van der Waals surface area (Å²) >= 11 is 0. The van der Waals surface area contributed by atoms with E-state index in [4.69, 9.17) is 10.9 Å². The summed E-state index contributed by atoms with van der Waals surface area (Å²) in [7, 11) is 0. The largest absolute Gasteiger partial charge is 0.409 e.